The lowest BCUT2D eigenvalue weighted by Gasteiger charge is -2.40. The lowest BCUT2D eigenvalue weighted by Crippen LogP contribution is -2.33. The molecule has 5 rings (SSSR count). The topological polar surface area (TPSA) is 49.4 Å². The normalized spacial score (nSPS) is 17.2. The molecule has 6 nitrogen and oxygen atoms in total. The van der Waals surface area contributed by atoms with E-state index in [9.17, 15) is 0 Å². The first-order chi connectivity index (χ1) is 15.6. The summed E-state index contributed by atoms with van der Waals surface area (Å²) in [5.74, 6) is 2.97. The standard InChI is InChI=1S/C26H29NO5/c1-6-7-15(2)32-26-23-17(10-11-20(28-4)25(23)29-5)18-9-8-16-12-21-22(31-14-30-21)13-19(16)24(18)27(26)3/h8-13,15,26H,6-7,14H2,1-5H3. The molecule has 2 heterocycles. The second-order valence-corrected chi connectivity index (χ2v) is 8.35. The number of rotatable bonds is 6. The minimum absolute atomic E-state index is 0.0914. The number of ether oxygens (including phenoxy) is 5. The van der Waals surface area contributed by atoms with Crippen LogP contribution < -0.4 is 23.8 Å². The predicted molar refractivity (Wildman–Crippen MR) is 125 cm³/mol. The summed E-state index contributed by atoms with van der Waals surface area (Å²) in [5.41, 5.74) is 4.31. The number of anilines is 1. The molecular weight excluding hydrogens is 406 g/mol. The molecule has 0 spiro atoms. The maximum Gasteiger partial charge on any atom is 0.231 e. The average molecular weight is 436 g/mol. The van der Waals surface area contributed by atoms with Crippen molar-refractivity contribution < 1.29 is 23.7 Å². The van der Waals surface area contributed by atoms with Gasteiger partial charge in [0.2, 0.25) is 6.79 Å². The van der Waals surface area contributed by atoms with Crippen LogP contribution in [0.1, 0.15) is 38.5 Å². The lowest BCUT2D eigenvalue weighted by atomic mass is 9.88. The van der Waals surface area contributed by atoms with Gasteiger partial charge in [-0.2, -0.15) is 0 Å². The van der Waals surface area contributed by atoms with E-state index in [-0.39, 0.29) is 19.1 Å². The van der Waals surface area contributed by atoms with E-state index in [4.69, 9.17) is 23.7 Å². The molecule has 0 radical (unpaired) electrons. The van der Waals surface area contributed by atoms with Gasteiger partial charge in [-0.1, -0.05) is 25.5 Å². The molecule has 2 unspecified atom stereocenters. The average Bonchev–Trinajstić information content (AvgIpc) is 3.26. The molecule has 0 saturated heterocycles. The van der Waals surface area contributed by atoms with Gasteiger partial charge in [-0.3, -0.25) is 0 Å². The first-order valence-electron chi connectivity index (χ1n) is 11.1. The van der Waals surface area contributed by atoms with E-state index in [0.717, 1.165) is 57.5 Å². The van der Waals surface area contributed by atoms with Crippen LogP contribution in [0.15, 0.2) is 36.4 Å². The number of methoxy groups -OCH3 is 2. The zero-order valence-electron chi connectivity index (χ0n) is 19.2. The Hall–Kier alpha value is -3.12. The molecule has 2 aliphatic heterocycles. The summed E-state index contributed by atoms with van der Waals surface area (Å²) in [6, 6.07) is 12.5. The zero-order chi connectivity index (χ0) is 22.4. The maximum atomic E-state index is 6.65. The Labute approximate surface area is 188 Å². The second kappa shape index (κ2) is 8.10. The van der Waals surface area contributed by atoms with Gasteiger partial charge in [0, 0.05) is 18.0 Å². The minimum Gasteiger partial charge on any atom is -0.493 e. The van der Waals surface area contributed by atoms with Crippen molar-refractivity contribution in [2.24, 2.45) is 0 Å². The quantitative estimate of drug-likeness (QED) is 0.480. The Balaban J connectivity index is 1.77. The van der Waals surface area contributed by atoms with Crippen molar-refractivity contribution in [2.45, 2.75) is 39.0 Å². The molecule has 32 heavy (non-hydrogen) atoms. The van der Waals surface area contributed by atoms with E-state index >= 15 is 0 Å². The fourth-order valence-corrected chi connectivity index (χ4v) is 4.89. The van der Waals surface area contributed by atoms with Crippen LogP contribution in [0.2, 0.25) is 0 Å². The molecule has 2 aliphatic rings. The van der Waals surface area contributed by atoms with Gasteiger partial charge in [0.05, 0.1) is 31.6 Å². The molecule has 0 N–H and O–H groups in total. The molecule has 0 aliphatic carbocycles. The summed E-state index contributed by atoms with van der Waals surface area (Å²) in [5, 5.41) is 2.20. The molecular formula is C26H29NO5. The van der Waals surface area contributed by atoms with Crippen molar-refractivity contribution >= 4 is 16.5 Å². The molecule has 168 valence electrons. The van der Waals surface area contributed by atoms with Gasteiger partial charge < -0.3 is 28.6 Å². The van der Waals surface area contributed by atoms with Crippen molar-refractivity contribution in [1.29, 1.82) is 0 Å². The fourth-order valence-electron chi connectivity index (χ4n) is 4.89. The van der Waals surface area contributed by atoms with Gasteiger partial charge in [-0.15, -0.1) is 0 Å². The van der Waals surface area contributed by atoms with Gasteiger partial charge in [-0.25, -0.2) is 0 Å². The van der Waals surface area contributed by atoms with Crippen molar-refractivity contribution in [1.82, 2.24) is 0 Å². The predicted octanol–water partition coefficient (Wildman–Crippen LogP) is 5.91. The van der Waals surface area contributed by atoms with Crippen LogP contribution in [0.4, 0.5) is 5.69 Å². The molecule has 0 saturated carbocycles. The molecule has 3 aromatic carbocycles. The molecule has 0 bridgehead atoms. The number of nitrogens with zero attached hydrogens (tertiary/aromatic N) is 1. The Morgan fingerprint density at radius 2 is 1.78 bits per heavy atom. The van der Waals surface area contributed by atoms with Crippen LogP contribution in [-0.2, 0) is 4.74 Å². The third-order valence-corrected chi connectivity index (χ3v) is 6.37. The number of hydrogen-bond acceptors (Lipinski definition) is 6. The highest BCUT2D eigenvalue weighted by Gasteiger charge is 2.36. The molecule has 0 amide bonds. The largest absolute Gasteiger partial charge is 0.493 e. The Morgan fingerprint density at radius 1 is 1.03 bits per heavy atom. The number of benzene rings is 3. The van der Waals surface area contributed by atoms with E-state index in [0.29, 0.717) is 11.5 Å². The monoisotopic (exact) mass is 435 g/mol. The molecule has 0 fully saturated rings. The first-order valence-corrected chi connectivity index (χ1v) is 11.1. The molecule has 6 heteroatoms. The van der Waals surface area contributed by atoms with Crippen molar-refractivity contribution in [2.75, 3.05) is 33.0 Å². The Morgan fingerprint density at radius 3 is 2.50 bits per heavy atom. The van der Waals surface area contributed by atoms with Gasteiger partial charge in [0.25, 0.3) is 0 Å². The van der Waals surface area contributed by atoms with Gasteiger partial charge in [0.15, 0.2) is 29.2 Å². The Kier molecular flexibility index (Phi) is 5.25. The van der Waals surface area contributed by atoms with Crippen molar-refractivity contribution in [3.63, 3.8) is 0 Å². The third kappa shape index (κ3) is 3.13. The number of fused-ring (bicyclic) bond motifs is 6. The van der Waals surface area contributed by atoms with E-state index < -0.39 is 0 Å². The van der Waals surface area contributed by atoms with Gasteiger partial charge in [0.1, 0.15) is 0 Å². The molecule has 2 atom stereocenters. The van der Waals surface area contributed by atoms with Crippen LogP contribution in [0.5, 0.6) is 23.0 Å². The van der Waals surface area contributed by atoms with E-state index in [1.807, 2.05) is 12.1 Å². The zero-order valence-corrected chi connectivity index (χ0v) is 19.2. The Bertz CT molecular complexity index is 1170. The van der Waals surface area contributed by atoms with Crippen molar-refractivity contribution in [3.05, 3.63) is 42.0 Å². The first kappa shape index (κ1) is 20.8. The van der Waals surface area contributed by atoms with Crippen LogP contribution in [-0.4, -0.2) is 34.2 Å². The summed E-state index contributed by atoms with van der Waals surface area (Å²) in [6.45, 7) is 4.55. The van der Waals surface area contributed by atoms with Gasteiger partial charge >= 0.3 is 0 Å². The maximum absolute atomic E-state index is 6.65. The van der Waals surface area contributed by atoms with E-state index in [1.165, 1.54) is 0 Å². The van der Waals surface area contributed by atoms with E-state index in [2.05, 4.69) is 50.1 Å². The van der Waals surface area contributed by atoms with E-state index in [1.54, 1.807) is 14.2 Å². The summed E-state index contributed by atoms with van der Waals surface area (Å²) >= 11 is 0. The highest BCUT2D eigenvalue weighted by atomic mass is 16.7. The smallest absolute Gasteiger partial charge is 0.231 e. The van der Waals surface area contributed by atoms with Crippen LogP contribution >= 0.6 is 0 Å². The molecule has 3 aromatic rings. The minimum atomic E-state index is -0.319. The summed E-state index contributed by atoms with van der Waals surface area (Å²) in [4.78, 5) is 2.20. The second-order valence-electron chi connectivity index (χ2n) is 8.35. The number of hydrogen-bond donors (Lipinski definition) is 0. The highest BCUT2D eigenvalue weighted by molar-refractivity contribution is 6.05. The van der Waals surface area contributed by atoms with Crippen LogP contribution in [0, 0.1) is 0 Å². The molecule has 0 aromatic heterocycles. The summed E-state index contributed by atoms with van der Waals surface area (Å²) < 4.78 is 29.4. The van der Waals surface area contributed by atoms with Crippen molar-refractivity contribution in [3.8, 4) is 34.1 Å². The lowest BCUT2D eigenvalue weighted by molar-refractivity contribution is -0.00847. The van der Waals surface area contributed by atoms with Gasteiger partial charge in [-0.05, 0) is 48.6 Å². The fraction of sp³-hybridized carbons (Fsp3) is 0.385. The third-order valence-electron chi connectivity index (χ3n) is 6.37. The van der Waals surface area contributed by atoms with Crippen LogP contribution in [0.25, 0.3) is 21.9 Å². The highest BCUT2D eigenvalue weighted by Crippen LogP contribution is 2.54. The summed E-state index contributed by atoms with van der Waals surface area (Å²) in [6.07, 6.45) is 1.81. The SMILES string of the molecule is CCCC(C)OC1c2c(ccc(OC)c2OC)-c2ccc3cc4c(cc3c2N1C)OCO4. The summed E-state index contributed by atoms with van der Waals surface area (Å²) in [7, 11) is 5.42. The van der Waals surface area contributed by atoms with Crippen LogP contribution in [0.3, 0.4) is 0 Å².